The Bertz CT molecular complexity index is 1320. The second-order valence-corrected chi connectivity index (χ2v) is 10.2. The summed E-state index contributed by atoms with van der Waals surface area (Å²) in [4.78, 5) is 15.6. The fraction of sp³-hybridized carbons (Fsp3) is 0.200. The first kappa shape index (κ1) is 23.2. The van der Waals surface area contributed by atoms with Gasteiger partial charge in [-0.05, 0) is 80.2 Å². The SMILES string of the molecule is Cc1cccc(N2C(=S)N[C@H]3c4cc(Cl)cc(Cl)c4O[C@@]2(C)[C@H]3C(=O)Nc2ccc(Cl)cc2)c1. The van der Waals surface area contributed by atoms with Crippen molar-refractivity contribution in [3.63, 3.8) is 0 Å². The van der Waals surface area contributed by atoms with Crippen LogP contribution in [-0.2, 0) is 4.79 Å². The summed E-state index contributed by atoms with van der Waals surface area (Å²) in [7, 11) is 0. The number of carbonyl (C=O) groups excluding carboxylic acids is 1. The monoisotopic (exact) mass is 531 g/mol. The summed E-state index contributed by atoms with van der Waals surface area (Å²) in [5.41, 5.74) is 1.97. The maximum atomic E-state index is 13.8. The zero-order valence-corrected chi connectivity index (χ0v) is 21.3. The molecule has 3 aromatic carbocycles. The number of hydrogen-bond donors (Lipinski definition) is 2. The molecule has 3 atom stereocenters. The van der Waals surface area contributed by atoms with Crippen molar-refractivity contribution in [2.45, 2.75) is 25.6 Å². The van der Waals surface area contributed by atoms with Crippen molar-refractivity contribution >= 4 is 69.4 Å². The second kappa shape index (κ2) is 8.61. The van der Waals surface area contributed by atoms with Gasteiger partial charge < -0.3 is 15.4 Å². The highest BCUT2D eigenvalue weighted by Crippen LogP contribution is 2.52. The van der Waals surface area contributed by atoms with Crippen molar-refractivity contribution in [2.75, 3.05) is 10.2 Å². The van der Waals surface area contributed by atoms with Gasteiger partial charge in [0.15, 0.2) is 10.8 Å². The van der Waals surface area contributed by atoms with Gasteiger partial charge in [0.05, 0.1) is 11.1 Å². The van der Waals surface area contributed by atoms with E-state index in [9.17, 15) is 4.79 Å². The number of aryl methyl sites for hydroxylation is 1. The van der Waals surface area contributed by atoms with E-state index in [4.69, 9.17) is 51.8 Å². The molecule has 2 aliphatic heterocycles. The molecular weight excluding hydrogens is 513 g/mol. The molecule has 2 N–H and O–H groups in total. The summed E-state index contributed by atoms with van der Waals surface area (Å²) in [6.07, 6.45) is 0. The van der Waals surface area contributed by atoms with E-state index in [1.807, 2.05) is 43.0 Å². The highest BCUT2D eigenvalue weighted by molar-refractivity contribution is 7.80. The van der Waals surface area contributed by atoms with Gasteiger partial charge in [-0.1, -0.05) is 46.9 Å². The molecule has 2 aliphatic rings. The molecule has 0 radical (unpaired) electrons. The summed E-state index contributed by atoms with van der Waals surface area (Å²) in [5.74, 6) is -0.483. The zero-order chi connectivity index (χ0) is 24.2. The molecule has 5 rings (SSSR count). The number of nitrogens with one attached hydrogen (secondary N) is 2. The van der Waals surface area contributed by atoms with Gasteiger partial charge in [-0.3, -0.25) is 9.69 Å². The van der Waals surface area contributed by atoms with Crippen LogP contribution in [0.2, 0.25) is 15.1 Å². The van der Waals surface area contributed by atoms with Crippen LogP contribution in [0, 0.1) is 12.8 Å². The van der Waals surface area contributed by atoms with E-state index in [0.717, 1.165) is 11.3 Å². The number of benzene rings is 3. The Hall–Kier alpha value is -2.51. The molecule has 0 saturated carbocycles. The van der Waals surface area contributed by atoms with E-state index in [1.54, 1.807) is 36.4 Å². The second-order valence-electron chi connectivity index (χ2n) is 8.54. The Morgan fingerprint density at radius 3 is 2.53 bits per heavy atom. The minimum atomic E-state index is -1.18. The average molecular weight is 533 g/mol. The third-order valence-corrected chi connectivity index (χ3v) is 7.22. The van der Waals surface area contributed by atoms with E-state index >= 15 is 0 Å². The molecule has 0 unspecified atom stereocenters. The minimum Gasteiger partial charge on any atom is -0.465 e. The highest BCUT2D eigenvalue weighted by atomic mass is 35.5. The third-order valence-electron chi connectivity index (χ3n) is 6.17. The number of amides is 1. The quantitative estimate of drug-likeness (QED) is 0.365. The van der Waals surface area contributed by atoms with Crippen LogP contribution in [0.5, 0.6) is 5.75 Å². The van der Waals surface area contributed by atoms with Gasteiger partial charge in [0.2, 0.25) is 5.91 Å². The van der Waals surface area contributed by atoms with Crippen molar-refractivity contribution in [3.8, 4) is 5.75 Å². The van der Waals surface area contributed by atoms with Gasteiger partial charge in [0.1, 0.15) is 11.7 Å². The van der Waals surface area contributed by atoms with Gasteiger partial charge >= 0.3 is 0 Å². The zero-order valence-electron chi connectivity index (χ0n) is 18.2. The lowest BCUT2D eigenvalue weighted by atomic mass is 9.78. The van der Waals surface area contributed by atoms with E-state index in [2.05, 4.69) is 10.6 Å². The predicted molar refractivity (Wildman–Crippen MR) is 141 cm³/mol. The molecule has 2 heterocycles. The van der Waals surface area contributed by atoms with Crippen LogP contribution in [0.3, 0.4) is 0 Å². The van der Waals surface area contributed by atoms with Crippen LogP contribution in [0.4, 0.5) is 11.4 Å². The Kier molecular flexibility index (Phi) is 5.89. The van der Waals surface area contributed by atoms with Crippen LogP contribution in [0.15, 0.2) is 60.7 Å². The van der Waals surface area contributed by atoms with Gasteiger partial charge in [-0.2, -0.15) is 0 Å². The Morgan fingerprint density at radius 1 is 1.09 bits per heavy atom. The number of nitrogens with zero attached hydrogens (tertiary/aromatic N) is 1. The summed E-state index contributed by atoms with van der Waals surface area (Å²) >= 11 is 24.7. The maximum absolute atomic E-state index is 13.8. The summed E-state index contributed by atoms with van der Waals surface area (Å²) in [6.45, 7) is 3.85. The molecule has 0 spiro atoms. The Balaban J connectivity index is 1.65. The van der Waals surface area contributed by atoms with Gasteiger partial charge in [-0.15, -0.1) is 0 Å². The van der Waals surface area contributed by atoms with E-state index in [1.165, 1.54) is 0 Å². The molecule has 5 nitrogen and oxygen atoms in total. The number of anilines is 2. The standard InChI is InChI=1S/C25H20Cl3N3O2S/c1-13-4-3-5-17(10-13)31-24(34)30-21-18-11-15(27)12-19(28)22(18)33-25(31,2)20(21)23(32)29-16-8-6-14(26)7-9-16/h3-12,20-21H,1-2H3,(H,29,32)(H,30,34)/t20-,21+,25+/m1/s1. The highest BCUT2D eigenvalue weighted by Gasteiger charge is 2.59. The van der Waals surface area contributed by atoms with Crippen LogP contribution < -0.4 is 20.3 Å². The van der Waals surface area contributed by atoms with E-state index in [0.29, 0.717) is 37.2 Å². The Labute approximate surface area is 217 Å². The summed E-state index contributed by atoms with van der Waals surface area (Å²) in [6, 6.07) is 17.7. The van der Waals surface area contributed by atoms with Crippen molar-refractivity contribution in [3.05, 3.63) is 86.9 Å². The van der Waals surface area contributed by atoms with Crippen LogP contribution in [-0.4, -0.2) is 16.7 Å². The van der Waals surface area contributed by atoms with Gasteiger partial charge in [-0.25, -0.2) is 0 Å². The van der Waals surface area contributed by atoms with Crippen molar-refractivity contribution in [1.29, 1.82) is 0 Å². The van der Waals surface area contributed by atoms with Crippen molar-refractivity contribution < 1.29 is 9.53 Å². The molecule has 1 saturated heterocycles. The third kappa shape index (κ3) is 3.89. The smallest absolute Gasteiger partial charge is 0.236 e. The molecule has 1 amide bonds. The number of rotatable bonds is 3. The summed E-state index contributed by atoms with van der Waals surface area (Å²) in [5, 5.41) is 8.19. The molecular formula is C25H20Cl3N3O2S. The van der Waals surface area contributed by atoms with Crippen molar-refractivity contribution in [2.24, 2.45) is 5.92 Å². The fourth-order valence-corrected chi connectivity index (χ4v) is 5.80. The van der Waals surface area contributed by atoms with Crippen molar-refractivity contribution in [1.82, 2.24) is 5.32 Å². The lowest BCUT2D eigenvalue weighted by Crippen LogP contribution is -2.72. The summed E-state index contributed by atoms with van der Waals surface area (Å²) < 4.78 is 6.57. The molecule has 2 bridgehead atoms. The van der Waals surface area contributed by atoms with Crippen LogP contribution in [0.25, 0.3) is 0 Å². The normalized spacial score (nSPS) is 23.0. The number of carbonyl (C=O) groups is 1. The van der Waals surface area contributed by atoms with Gasteiger partial charge in [0.25, 0.3) is 0 Å². The number of halogens is 3. The number of thiocarbonyl (C=S) groups is 1. The average Bonchev–Trinajstić information content (AvgIpc) is 2.76. The lowest BCUT2D eigenvalue weighted by Gasteiger charge is -2.56. The maximum Gasteiger partial charge on any atom is 0.236 e. The Morgan fingerprint density at radius 2 is 1.82 bits per heavy atom. The molecule has 9 heteroatoms. The van der Waals surface area contributed by atoms with Crippen LogP contribution >= 0.6 is 47.0 Å². The largest absolute Gasteiger partial charge is 0.465 e. The molecule has 0 aliphatic carbocycles. The predicted octanol–water partition coefficient (Wildman–Crippen LogP) is 6.75. The number of ether oxygens (including phenoxy) is 1. The first-order valence-electron chi connectivity index (χ1n) is 10.6. The molecule has 3 aromatic rings. The molecule has 34 heavy (non-hydrogen) atoms. The first-order valence-corrected chi connectivity index (χ1v) is 12.1. The van der Waals surface area contributed by atoms with Gasteiger partial charge in [0, 0.05) is 27.0 Å². The number of fused-ring (bicyclic) bond motifs is 4. The first-order chi connectivity index (χ1) is 16.2. The minimum absolute atomic E-state index is 0.246. The number of hydrogen-bond acceptors (Lipinski definition) is 3. The topological polar surface area (TPSA) is 53.6 Å². The van der Waals surface area contributed by atoms with E-state index in [-0.39, 0.29) is 5.91 Å². The molecule has 0 aromatic heterocycles. The fourth-order valence-electron chi connectivity index (χ4n) is 4.71. The lowest BCUT2D eigenvalue weighted by molar-refractivity contribution is -0.130. The van der Waals surface area contributed by atoms with E-state index < -0.39 is 17.7 Å². The molecule has 174 valence electrons. The van der Waals surface area contributed by atoms with Crippen LogP contribution in [0.1, 0.15) is 24.1 Å². The molecule has 1 fully saturated rings.